The van der Waals surface area contributed by atoms with E-state index in [-0.39, 0.29) is 12.2 Å². The Morgan fingerprint density at radius 3 is 2.56 bits per heavy atom. The Balaban J connectivity index is 2.00. The lowest BCUT2D eigenvalue weighted by Gasteiger charge is -2.04. The maximum absolute atomic E-state index is 11.7. The van der Waals surface area contributed by atoms with Gasteiger partial charge in [0.1, 0.15) is 6.61 Å². The van der Waals surface area contributed by atoms with Gasteiger partial charge in [-0.2, -0.15) is 0 Å². The molecule has 0 atom stereocenters. The number of ether oxygens (including phenoxy) is 1. The van der Waals surface area contributed by atoms with Gasteiger partial charge in [-0.15, -0.1) is 0 Å². The number of hydrogen-bond donors (Lipinski definition) is 1. The number of aryl methyl sites for hydroxylation is 1. The molecule has 0 aliphatic rings. The first kappa shape index (κ1) is 12.1. The molecular formula is C14H13NO3. The van der Waals surface area contributed by atoms with Crippen molar-refractivity contribution in [2.24, 2.45) is 0 Å². The number of pyridine rings is 1. The Kier molecular flexibility index (Phi) is 3.57. The predicted molar refractivity (Wildman–Crippen MR) is 67.4 cm³/mol. The third-order valence-corrected chi connectivity index (χ3v) is 2.47. The molecule has 0 saturated carbocycles. The van der Waals surface area contributed by atoms with Crippen LogP contribution in [0.1, 0.15) is 21.6 Å². The number of nitrogens with one attached hydrogen (secondary N) is 1. The first-order chi connectivity index (χ1) is 8.65. The maximum atomic E-state index is 11.7. The number of carbonyl (C=O) groups excluding carboxylic acids is 1. The molecule has 0 radical (unpaired) electrons. The average Bonchev–Trinajstić information content (AvgIpc) is 2.37. The Morgan fingerprint density at radius 2 is 1.89 bits per heavy atom. The van der Waals surface area contributed by atoms with Crippen LogP contribution in [0, 0.1) is 6.92 Å². The highest BCUT2D eigenvalue weighted by Crippen LogP contribution is 2.06. The molecule has 0 saturated heterocycles. The summed E-state index contributed by atoms with van der Waals surface area (Å²) in [5.74, 6) is -0.403. The van der Waals surface area contributed by atoms with Crippen molar-refractivity contribution in [2.75, 3.05) is 0 Å². The van der Waals surface area contributed by atoms with Gasteiger partial charge in [-0.1, -0.05) is 23.8 Å². The summed E-state index contributed by atoms with van der Waals surface area (Å²) in [5.41, 5.74) is 1.94. The minimum absolute atomic E-state index is 0.0583. The maximum Gasteiger partial charge on any atom is 0.338 e. The summed E-state index contributed by atoms with van der Waals surface area (Å²) in [5, 5.41) is 0. The van der Waals surface area contributed by atoms with Gasteiger partial charge in [0.05, 0.1) is 11.3 Å². The summed E-state index contributed by atoms with van der Waals surface area (Å²) >= 11 is 0. The lowest BCUT2D eigenvalue weighted by Crippen LogP contribution is -2.10. The Hall–Kier alpha value is -2.36. The molecule has 1 heterocycles. The monoisotopic (exact) mass is 243 g/mol. The van der Waals surface area contributed by atoms with Gasteiger partial charge in [-0.25, -0.2) is 4.79 Å². The van der Waals surface area contributed by atoms with E-state index in [0.29, 0.717) is 11.3 Å². The van der Waals surface area contributed by atoms with Gasteiger partial charge in [0.2, 0.25) is 5.56 Å². The molecule has 18 heavy (non-hydrogen) atoms. The molecule has 92 valence electrons. The fraction of sp³-hybridized carbons (Fsp3) is 0.143. The molecule has 0 aliphatic carbocycles. The summed E-state index contributed by atoms with van der Waals surface area (Å²) in [7, 11) is 0. The first-order valence-electron chi connectivity index (χ1n) is 5.57. The SMILES string of the molecule is Cc1ccc(C(=O)OCc2cccc(=O)[nH]2)cc1. The van der Waals surface area contributed by atoms with E-state index < -0.39 is 5.97 Å². The van der Waals surface area contributed by atoms with E-state index in [1.165, 1.54) is 6.07 Å². The summed E-state index contributed by atoms with van der Waals surface area (Å²) in [6.45, 7) is 2.01. The third-order valence-electron chi connectivity index (χ3n) is 2.47. The van der Waals surface area contributed by atoms with Crippen LogP contribution in [-0.2, 0) is 11.3 Å². The smallest absolute Gasteiger partial charge is 0.338 e. The molecule has 1 aromatic heterocycles. The lowest BCUT2D eigenvalue weighted by atomic mass is 10.1. The molecule has 0 unspecified atom stereocenters. The van der Waals surface area contributed by atoms with E-state index in [4.69, 9.17) is 4.74 Å². The number of rotatable bonds is 3. The molecule has 0 fully saturated rings. The van der Waals surface area contributed by atoms with Crippen molar-refractivity contribution in [1.82, 2.24) is 4.98 Å². The zero-order valence-electron chi connectivity index (χ0n) is 9.97. The zero-order valence-corrected chi connectivity index (χ0v) is 9.97. The van der Waals surface area contributed by atoms with Crippen molar-refractivity contribution in [2.45, 2.75) is 13.5 Å². The van der Waals surface area contributed by atoms with Crippen molar-refractivity contribution in [1.29, 1.82) is 0 Å². The van der Waals surface area contributed by atoms with Gasteiger partial charge in [-0.05, 0) is 25.1 Å². The largest absolute Gasteiger partial charge is 0.456 e. The molecule has 1 aromatic carbocycles. The van der Waals surface area contributed by atoms with Crippen LogP contribution in [0.25, 0.3) is 0 Å². The highest BCUT2D eigenvalue weighted by atomic mass is 16.5. The molecule has 0 spiro atoms. The van der Waals surface area contributed by atoms with Crippen molar-refractivity contribution in [3.05, 3.63) is 69.6 Å². The minimum atomic E-state index is -0.403. The molecular weight excluding hydrogens is 230 g/mol. The number of carbonyl (C=O) groups is 1. The quantitative estimate of drug-likeness (QED) is 0.839. The minimum Gasteiger partial charge on any atom is -0.456 e. The number of benzene rings is 1. The molecule has 1 N–H and O–H groups in total. The highest BCUT2D eigenvalue weighted by molar-refractivity contribution is 5.89. The normalized spacial score (nSPS) is 10.1. The molecule has 0 bridgehead atoms. The Labute approximate surface area is 104 Å². The predicted octanol–water partition coefficient (Wildman–Crippen LogP) is 2.04. The van der Waals surface area contributed by atoms with Crippen molar-refractivity contribution in [3.8, 4) is 0 Å². The number of aromatic nitrogens is 1. The van der Waals surface area contributed by atoms with E-state index in [1.54, 1.807) is 24.3 Å². The van der Waals surface area contributed by atoms with Crippen LogP contribution in [0.3, 0.4) is 0 Å². The number of hydrogen-bond acceptors (Lipinski definition) is 3. The molecule has 2 aromatic rings. The lowest BCUT2D eigenvalue weighted by molar-refractivity contribution is 0.0467. The second kappa shape index (κ2) is 5.31. The molecule has 0 amide bonds. The molecule has 4 heteroatoms. The highest BCUT2D eigenvalue weighted by Gasteiger charge is 2.06. The van der Waals surface area contributed by atoms with Crippen molar-refractivity contribution in [3.63, 3.8) is 0 Å². The average molecular weight is 243 g/mol. The summed E-state index contributed by atoms with van der Waals surface area (Å²) in [6, 6.07) is 11.8. The van der Waals surface area contributed by atoms with Crippen LogP contribution >= 0.6 is 0 Å². The number of H-pyrrole nitrogens is 1. The van der Waals surface area contributed by atoms with Crippen LogP contribution in [0.15, 0.2) is 47.3 Å². The van der Waals surface area contributed by atoms with Gasteiger partial charge in [0.25, 0.3) is 0 Å². The van der Waals surface area contributed by atoms with E-state index >= 15 is 0 Å². The summed E-state index contributed by atoms with van der Waals surface area (Å²) in [4.78, 5) is 25.3. The second-order valence-corrected chi connectivity index (χ2v) is 3.98. The van der Waals surface area contributed by atoms with Crippen LogP contribution < -0.4 is 5.56 Å². The van der Waals surface area contributed by atoms with E-state index in [0.717, 1.165) is 5.56 Å². The Morgan fingerprint density at radius 1 is 1.17 bits per heavy atom. The molecule has 2 rings (SSSR count). The zero-order chi connectivity index (χ0) is 13.0. The summed E-state index contributed by atoms with van der Waals surface area (Å²) in [6.07, 6.45) is 0. The standard InChI is InChI=1S/C14H13NO3/c1-10-5-7-11(8-6-10)14(17)18-9-12-3-2-4-13(16)15-12/h2-8H,9H2,1H3,(H,15,16). The van der Waals surface area contributed by atoms with Crippen LogP contribution in [-0.4, -0.2) is 11.0 Å². The van der Waals surface area contributed by atoms with Crippen molar-refractivity contribution < 1.29 is 9.53 Å². The van der Waals surface area contributed by atoms with Crippen LogP contribution in [0.5, 0.6) is 0 Å². The van der Waals surface area contributed by atoms with Gasteiger partial charge >= 0.3 is 5.97 Å². The van der Waals surface area contributed by atoms with Gasteiger partial charge < -0.3 is 9.72 Å². The number of aromatic amines is 1. The number of esters is 1. The van der Waals surface area contributed by atoms with E-state index in [2.05, 4.69) is 4.98 Å². The van der Waals surface area contributed by atoms with E-state index in [1.807, 2.05) is 19.1 Å². The molecule has 0 aliphatic heterocycles. The van der Waals surface area contributed by atoms with Crippen LogP contribution in [0.2, 0.25) is 0 Å². The first-order valence-corrected chi connectivity index (χ1v) is 5.57. The fourth-order valence-electron chi connectivity index (χ4n) is 1.49. The van der Waals surface area contributed by atoms with Crippen molar-refractivity contribution >= 4 is 5.97 Å². The van der Waals surface area contributed by atoms with Gasteiger partial charge in [0.15, 0.2) is 0 Å². The second-order valence-electron chi connectivity index (χ2n) is 3.98. The Bertz CT molecular complexity index is 599. The van der Waals surface area contributed by atoms with Gasteiger partial charge in [-0.3, -0.25) is 4.79 Å². The van der Waals surface area contributed by atoms with Gasteiger partial charge in [0, 0.05) is 6.07 Å². The topological polar surface area (TPSA) is 59.2 Å². The molecule has 4 nitrogen and oxygen atoms in total. The fourth-order valence-corrected chi connectivity index (χ4v) is 1.49. The van der Waals surface area contributed by atoms with Crippen LogP contribution in [0.4, 0.5) is 0 Å². The van der Waals surface area contributed by atoms with E-state index in [9.17, 15) is 9.59 Å². The summed E-state index contributed by atoms with van der Waals surface area (Å²) < 4.78 is 5.10. The third kappa shape index (κ3) is 3.07.